The van der Waals surface area contributed by atoms with Crippen molar-refractivity contribution < 1.29 is 5.11 Å². The molecule has 1 unspecified atom stereocenters. The van der Waals surface area contributed by atoms with Crippen LogP contribution in [0.25, 0.3) is 0 Å². The largest absolute Gasteiger partial charge is 0.390 e. The third-order valence-corrected chi connectivity index (χ3v) is 3.22. The van der Waals surface area contributed by atoms with Crippen LogP contribution in [0.15, 0.2) is 18.2 Å². The molecule has 1 aromatic carbocycles. The first-order valence-corrected chi connectivity index (χ1v) is 6.50. The van der Waals surface area contributed by atoms with Gasteiger partial charge in [-0.1, -0.05) is 30.7 Å². The molecule has 2 N–H and O–H groups in total. The van der Waals surface area contributed by atoms with Gasteiger partial charge in [0.15, 0.2) is 0 Å². The predicted molar refractivity (Wildman–Crippen MR) is 73.7 cm³/mol. The SMILES string of the molecule is CCNCCC(C)(O)Cc1ccc(C)cc1Cl. The summed E-state index contributed by atoms with van der Waals surface area (Å²) in [6, 6.07) is 5.97. The molecule has 0 spiro atoms. The van der Waals surface area contributed by atoms with E-state index >= 15 is 0 Å². The van der Waals surface area contributed by atoms with Crippen molar-refractivity contribution in [1.82, 2.24) is 5.32 Å². The standard InChI is InChI=1S/C14H22ClNO/c1-4-16-8-7-14(3,17)10-12-6-5-11(2)9-13(12)15/h5-6,9,16-17H,4,7-8,10H2,1-3H3. The molecule has 96 valence electrons. The average Bonchev–Trinajstić information content (AvgIpc) is 2.22. The van der Waals surface area contributed by atoms with Gasteiger partial charge in [0.2, 0.25) is 0 Å². The Bertz CT molecular complexity index is 363. The average molecular weight is 256 g/mol. The second-order valence-corrected chi connectivity index (χ2v) is 5.28. The highest BCUT2D eigenvalue weighted by Gasteiger charge is 2.21. The van der Waals surface area contributed by atoms with Crippen LogP contribution in [0.4, 0.5) is 0 Å². The molecule has 0 saturated carbocycles. The van der Waals surface area contributed by atoms with Crippen LogP contribution in [0.5, 0.6) is 0 Å². The van der Waals surface area contributed by atoms with E-state index < -0.39 is 5.60 Å². The molecule has 0 amide bonds. The van der Waals surface area contributed by atoms with E-state index in [1.807, 2.05) is 32.0 Å². The molecule has 0 aliphatic carbocycles. The maximum atomic E-state index is 10.3. The van der Waals surface area contributed by atoms with Gasteiger partial charge in [-0.15, -0.1) is 0 Å². The summed E-state index contributed by atoms with van der Waals surface area (Å²) in [6.07, 6.45) is 1.32. The maximum Gasteiger partial charge on any atom is 0.0672 e. The summed E-state index contributed by atoms with van der Waals surface area (Å²) >= 11 is 6.17. The summed E-state index contributed by atoms with van der Waals surface area (Å²) in [4.78, 5) is 0. The van der Waals surface area contributed by atoms with Crippen LogP contribution in [-0.2, 0) is 6.42 Å². The molecule has 17 heavy (non-hydrogen) atoms. The molecule has 1 aromatic rings. The number of nitrogens with one attached hydrogen (secondary N) is 1. The van der Waals surface area contributed by atoms with E-state index in [-0.39, 0.29) is 0 Å². The Morgan fingerprint density at radius 3 is 2.71 bits per heavy atom. The van der Waals surface area contributed by atoms with Crippen molar-refractivity contribution in [3.05, 3.63) is 34.3 Å². The summed E-state index contributed by atoms with van der Waals surface area (Å²) in [5.74, 6) is 0. The van der Waals surface area contributed by atoms with Crippen molar-refractivity contribution in [3.63, 3.8) is 0 Å². The fourth-order valence-corrected chi connectivity index (χ4v) is 2.13. The van der Waals surface area contributed by atoms with E-state index in [0.717, 1.165) is 35.7 Å². The normalized spacial score (nSPS) is 14.6. The van der Waals surface area contributed by atoms with E-state index in [0.29, 0.717) is 6.42 Å². The van der Waals surface area contributed by atoms with Crippen molar-refractivity contribution in [2.75, 3.05) is 13.1 Å². The number of hydrogen-bond donors (Lipinski definition) is 2. The fraction of sp³-hybridized carbons (Fsp3) is 0.571. The summed E-state index contributed by atoms with van der Waals surface area (Å²) in [7, 11) is 0. The molecule has 0 saturated heterocycles. The van der Waals surface area contributed by atoms with Crippen LogP contribution in [0.3, 0.4) is 0 Å². The number of aliphatic hydroxyl groups is 1. The predicted octanol–water partition coefficient (Wildman–Crippen LogP) is 2.94. The first-order valence-electron chi connectivity index (χ1n) is 6.13. The lowest BCUT2D eigenvalue weighted by molar-refractivity contribution is 0.0517. The smallest absolute Gasteiger partial charge is 0.0672 e. The van der Waals surface area contributed by atoms with Crippen molar-refractivity contribution >= 4 is 11.6 Å². The molecule has 0 heterocycles. The topological polar surface area (TPSA) is 32.3 Å². The third-order valence-electron chi connectivity index (χ3n) is 2.87. The Morgan fingerprint density at radius 2 is 2.12 bits per heavy atom. The van der Waals surface area contributed by atoms with Gasteiger partial charge in [0.1, 0.15) is 0 Å². The summed E-state index contributed by atoms with van der Waals surface area (Å²) < 4.78 is 0. The Labute approximate surface area is 109 Å². The molecule has 2 nitrogen and oxygen atoms in total. The number of rotatable bonds is 6. The number of benzene rings is 1. The van der Waals surface area contributed by atoms with Crippen LogP contribution in [0.2, 0.25) is 5.02 Å². The Kier molecular flexibility index (Phi) is 5.44. The van der Waals surface area contributed by atoms with Crippen LogP contribution >= 0.6 is 11.6 Å². The van der Waals surface area contributed by atoms with Crippen LogP contribution in [0.1, 0.15) is 31.4 Å². The van der Waals surface area contributed by atoms with Gasteiger partial charge < -0.3 is 10.4 Å². The minimum absolute atomic E-state index is 0.595. The van der Waals surface area contributed by atoms with Crippen LogP contribution in [-0.4, -0.2) is 23.8 Å². The van der Waals surface area contributed by atoms with Gasteiger partial charge in [-0.05, 0) is 50.6 Å². The molecular weight excluding hydrogens is 234 g/mol. The van der Waals surface area contributed by atoms with Gasteiger partial charge in [-0.25, -0.2) is 0 Å². The summed E-state index contributed by atoms with van der Waals surface area (Å²) in [5, 5.41) is 14.3. The highest BCUT2D eigenvalue weighted by Crippen LogP contribution is 2.24. The molecule has 0 aromatic heterocycles. The number of halogens is 1. The zero-order chi connectivity index (χ0) is 12.9. The van der Waals surface area contributed by atoms with E-state index in [1.54, 1.807) is 0 Å². The molecule has 0 aliphatic heterocycles. The minimum Gasteiger partial charge on any atom is -0.390 e. The highest BCUT2D eigenvalue weighted by molar-refractivity contribution is 6.31. The van der Waals surface area contributed by atoms with Gasteiger partial charge in [0.25, 0.3) is 0 Å². The van der Waals surface area contributed by atoms with Crippen molar-refractivity contribution in [3.8, 4) is 0 Å². The van der Waals surface area contributed by atoms with Gasteiger partial charge >= 0.3 is 0 Å². The monoisotopic (exact) mass is 255 g/mol. The van der Waals surface area contributed by atoms with Gasteiger partial charge in [0, 0.05) is 11.4 Å². The molecule has 0 fully saturated rings. The van der Waals surface area contributed by atoms with Crippen LogP contribution < -0.4 is 5.32 Å². The van der Waals surface area contributed by atoms with Crippen molar-refractivity contribution in [2.45, 2.75) is 39.2 Å². The van der Waals surface area contributed by atoms with Crippen molar-refractivity contribution in [1.29, 1.82) is 0 Å². The zero-order valence-electron chi connectivity index (χ0n) is 10.9. The maximum absolute atomic E-state index is 10.3. The minimum atomic E-state index is -0.707. The van der Waals surface area contributed by atoms with Gasteiger partial charge in [-0.3, -0.25) is 0 Å². The first kappa shape index (κ1) is 14.5. The fourth-order valence-electron chi connectivity index (χ4n) is 1.83. The summed E-state index contributed by atoms with van der Waals surface area (Å²) in [6.45, 7) is 7.69. The molecule has 0 radical (unpaired) electrons. The second kappa shape index (κ2) is 6.39. The van der Waals surface area contributed by atoms with Gasteiger partial charge in [-0.2, -0.15) is 0 Å². The second-order valence-electron chi connectivity index (χ2n) is 4.87. The number of aryl methyl sites for hydroxylation is 1. The zero-order valence-corrected chi connectivity index (χ0v) is 11.6. The van der Waals surface area contributed by atoms with E-state index in [1.165, 1.54) is 0 Å². The van der Waals surface area contributed by atoms with Gasteiger partial charge in [0.05, 0.1) is 5.60 Å². The van der Waals surface area contributed by atoms with Crippen molar-refractivity contribution in [2.24, 2.45) is 0 Å². The lowest BCUT2D eigenvalue weighted by Gasteiger charge is -2.24. The molecule has 3 heteroatoms. The lowest BCUT2D eigenvalue weighted by atomic mass is 9.93. The first-order chi connectivity index (χ1) is 7.94. The molecular formula is C14H22ClNO. The molecule has 1 atom stereocenters. The summed E-state index contributed by atoms with van der Waals surface area (Å²) in [5.41, 5.74) is 1.45. The van der Waals surface area contributed by atoms with E-state index in [9.17, 15) is 5.11 Å². The lowest BCUT2D eigenvalue weighted by Crippen LogP contribution is -2.32. The third kappa shape index (κ3) is 5.07. The Balaban J connectivity index is 2.62. The van der Waals surface area contributed by atoms with E-state index in [2.05, 4.69) is 12.2 Å². The van der Waals surface area contributed by atoms with E-state index in [4.69, 9.17) is 11.6 Å². The Hall–Kier alpha value is -0.570. The molecule has 1 rings (SSSR count). The molecule has 0 bridgehead atoms. The Morgan fingerprint density at radius 1 is 1.41 bits per heavy atom. The number of hydrogen-bond acceptors (Lipinski definition) is 2. The van der Waals surface area contributed by atoms with Crippen LogP contribution in [0, 0.1) is 6.92 Å². The highest BCUT2D eigenvalue weighted by atomic mass is 35.5. The quantitative estimate of drug-likeness (QED) is 0.766. The molecule has 0 aliphatic rings.